The van der Waals surface area contributed by atoms with E-state index in [1.807, 2.05) is 0 Å². The van der Waals surface area contributed by atoms with Gasteiger partial charge in [-0.2, -0.15) is 0 Å². The number of likely N-dealkylation sites (tertiary alicyclic amines) is 3. The SMILES string of the molecule is CC(C)C1CCN(C2CN(C(C)C)C2)CC1.CC(C)OC1CC2(CCN(C(C)C)CC2)C1. The maximum absolute atomic E-state index is 5.87. The maximum atomic E-state index is 5.87. The van der Waals surface area contributed by atoms with E-state index in [0.29, 0.717) is 17.6 Å². The van der Waals surface area contributed by atoms with Gasteiger partial charge in [-0.3, -0.25) is 9.80 Å². The Labute approximate surface area is 200 Å². The number of nitrogens with zero attached hydrogens (tertiary/aromatic N) is 3. The Bertz CT molecular complexity index is 523. The first kappa shape index (κ1) is 26.4. The second-order valence-corrected chi connectivity index (χ2v) is 12.7. The van der Waals surface area contributed by atoms with Crippen molar-refractivity contribution in [2.24, 2.45) is 17.3 Å². The lowest BCUT2D eigenvalue weighted by Crippen LogP contribution is -2.62. The molecule has 4 aliphatic rings. The third kappa shape index (κ3) is 6.93. The molecule has 0 N–H and O–H groups in total. The van der Waals surface area contributed by atoms with Gasteiger partial charge >= 0.3 is 0 Å². The monoisotopic (exact) mass is 449 g/mol. The lowest BCUT2D eigenvalue weighted by molar-refractivity contribution is -0.125. The van der Waals surface area contributed by atoms with E-state index >= 15 is 0 Å². The molecule has 1 aliphatic carbocycles. The van der Waals surface area contributed by atoms with Gasteiger partial charge in [0, 0.05) is 31.2 Å². The highest BCUT2D eigenvalue weighted by Gasteiger charge is 2.46. The van der Waals surface area contributed by atoms with Crippen molar-refractivity contribution in [3.05, 3.63) is 0 Å². The Morgan fingerprint density at radius 3 is 1.69 bits per heavy atom. The molecule has 1 spiro atoms. The van der Waals surface area contributed by atoms with Crippen molar-refractivity contribution >= 4 is 0 Å². The van der Waals surface area contributed by atoms with Crippen LogP contribution in [-0.4, -0.2) is 84.3 Å². The van der Waals surface area contributed by atoms with E-state index in [9.17, 15) is 0 Å². The Hall–Kier alpha value is -0.160. The standard InChI is InChI=1S/C14H28N2.C14H27NO/c1-11(2)13-5-7-15(8-6-13)14-9-16(10-14)12(3)4;1-11(2)15-7-5-14(6-8-15)9-13(10-14)16-12(3)4/h11-14H,5-10H2,1-4H3;11-13H,5-10H2,1-4H3. The number of hydrogen-bond acceptors (Lipinski definition) is 4. The topological polar surface area (TPSA) is 19.0 Å². The summed E-state index contributed by atoms with van der Waals surface area (Å²) in [7, 11) is 0. The highest BCUT2D eigenvalue weighted by Crippen LogP contribution is 2.50. The number of rotatable bonds is 6. The summed E-state index contributed by atoms with van der Waals surface area (Å²) in [6, 6.07) is 2.33. The molecular weight excluding hydrogens is 394 g/mol. The summed E-state index contributed by atoms with van der Waals surface area (Å²) < 4.78 is 5.87. The van der Waals surface area contributed by atoms with Crippen LogP contribution in [0.3, 0.4) is 0 Å². The lowest BCUT2D eigenvalue weighted by atomic mass is 9.61. The van der Waals surface area contributed by atoms with Gasteiger partial charge in [-0.15, -0.1) is 0 Å². The number of ether oxygens (including phenoxy) is 1. The molecule has 3 saturated heterocycles. The van der Waals surface area contributed by atoms with Crippen LogP contribution in [0.25, 0.3) is 0 Å². The van der Waals surface area contributed by atoms with Crippen LogP contribution >= 0.6 is 0 Å². The minimum atomic E-state index is 0.401. The van der Waals surface area contributed by atoms with Crippen LogP contribution in [0.4, 0.5) is 0 Å². The second kappa shape index (κ2) is 11.5. The van der Waals surface area contributed by atoms with E-state index in [1.165, 1.54) is 77.8 Å². The molecule has 0 radical (unpaired) electrons. The molecule has 32 heavy (non-hydrogen) atoms. The summed E-state index contributed by atoms with van der Waals surface area (Å²) in [5, 5.41) is 0. The molecule has 0 aromatic rings. The minimum absolute atomic E-state index is 0.401. The van der Waals surface area contributed by atoms with E-state index in [0.717, 1.165) is 30.0 Å². The van der Waals surface area contributed by atoms with Crippen molar-refractivity contribution in [2.75, 3.05) is 39.3 Å². The number of hydrogen-bond donors (Lipinski definition) is 0. The van der Waals surface area contributed by atoms with Crippen LogP contribution in [0, 0.1) is 17.3 Å². The summed E-state index contributed by atoms with van der Waals surface area (Å²) in [5.41, 5.74) is 0.658. The summed E-state index contributed by atoms with van der Waals surface area (Å²) in [5.74, 6) is 1.87. The summed E-state index contributed by atoms with van der Waals surface area (Å²) in [4.78, 5) is 7.93. The molecule has 4 heteroatoms. The van der Waals surface area contributed by atoms with Crippen LogP contribution in [0.2, 0.25) is 0 Å². The highest BCUT2D eigenvalue weighted by molar-refractivity contribution is 4.98. The molecular formula is C28H55N3O. The zero-order chi connectivity index (χ0) is 23.5. The van der Waals surface area contributed by atoms with Crippen LogP contribution in [0.15, 0.2) is 0 Å². The third-order valence-corrected chi connectivity index (χ3v) is 9.03. The van der Waals surface area contributed by atoms with Crippen molar-refractivity contribution in [1.29, 1.82) is 0 Å². The zero-order valence-electron chi connectivity index (χ0n) is 22.8. The minimum Gasteiger partial charge on any atom is -0.376 e. The van der Waals surface area contributed by atoms with Gasteiger partial charge in [0.15, 0.2) is 0 Å². The van der Waals surface area contributed by atoms with Gasteiger partial charge in [0.25, 0.3) is 0 Å². The first-order valence-electron chi connectivity index (χ1n) is 14.0. The van der Waals surface area contributed by atoms with Gasteiger partial charge in [-0.05, 0) is 123 Å². The fourth-order valence-corrected chi connectivity index (χ4v) is 6.40. The Morgan fingerprint density at radius 1 is 0.719 bits per heavy atom. The fraction of sp³-hybridized carbons (Fsp3) is 1.00. The average Bonchev–Trinajstić information content (AvgIpc) is 2.66. The fourth-order valence-electron chi connectivity index (χ4n) is 6.40. The highest BCUT2D eigenvalue weighted by atomic mass is 16.5. The lowest BCUT2D eigenvalue weighted by Gasteiger charge is -2.53. The Morgan fingerprint density at radius 2 is 1.25 bits per heavy atom. The molecule has 0 atom stereocenters. The molecule has 188 valence electrons. The molecule has 0 bridgehead atoms. The van der Waals surface area contributed by atoms with Gasteiger partial charge < -0.3 is 9.64 Å². The van der Waals surface area contributed by atoms with Gasteiger partial charge in [-0.1, -0.05) is 13.8 Å². The maximum Gasteiger partial charge on any atom is 0.0589 e. The molecule has 0 aromatic carbocycles. The first-order valence-corrected chi connectivity index (χ1v) is 14.0. The van der Waals surface area contributed by atoms with Crippen LogP contribution < -0.4 is 0 Å². The van der Waals surface area contributed by atoms with E-state index in [4.69, 9.17) is 4.74 Å². The predicted molar refractivity (Wildman–Crippen MR) is 137 cm³/mol. The Balaban J connectivity index is 0.000000181. The van der Waals surface area contributed by atoms with E-state index in [2.05, 4.69) is 70.1 Å². The molecule has 3 aliphatic heterocycles. The molecule has 0 amide bonds. The molecule has 4 fully saturated rings. The van der Waals surface area contributed by atoms with Gasteiger partial charge in [0.1, 0.15) is 0 Å². The molecule has 0 unspecified atom stereocenters. The molecule has 3 heterocycles. The van der Waals surface area contributed by atoms with Crippen LogP contribution in [0.1, 0.15) is 93.9 Å². The quantitative estimate of drug-likeness (QED) is 0.532. The van der Waals surface area contributed by atoms with Crippen molar-refractivity contribution in [3.63, 3.8) is 0 Å². The second-order valence-electron chi connectivity index (χ2n) is 12.7. The van der Waals surface area contributed by atoms with Crippen molar-refractivity contribution in [2.45, 2.75) is 124 Å². The van der Waals surface area contributed by atoms with Gasteiger partial charge in [-0.25, -0.2) is 0 Å². The summed E-state index contributed by atoms with van der Waals surface area (Å²) in [6.45, 7) is 26.2. The van der Waals surface area contributed by atoms with Crippen LogP contribution in [0.5, 0.6) is 0 Å². The molecule has 0 aromatic heterocycles. The summed E-state index contributed by atoms with van der Waals surface area (Å²) >= 11 is 0. The molecule has 4 rings (SSSR count). The molecule has 4 nitrogen and oxygen atoms in total. The molecule has 1 saturated carbocycles. The largest absolute Gasteiger partial charge is 0.376 e. The van der Waals surface area contributed by atoms with Crippen molar-refractivity contribution in [1.82, 2.24) is 14.7 Å². The predicted octanol–water partition coefficient (Wildman–Crippen LogP) is 5.51. The van der Waals surface area contributed by atoms with Crippen molar-refractivity contribution < 1.29 is 4.74 Å². The van der Waals surface area contributed by atoms with Crippen LogP contribution in [-0.2, 0) is 4.74 Å². The normalized spacial score (nSPS) is 26.6. The van der Waals surface area contributed by atoms with Gasteiger partial charge in [0.2, 0.25) is 0 Å². The van der Waals surface area contributed by atoms with Crippen molar-refractivity contribution in [3.8, 4) is 0 Å². The number of piperidine rings is 2. The first-order chi connectivity index (χ1) is 15.1. The van der Waals surface area contributed by atoms with E-state index < -0.39 is 0 Å². The third-order valence-electron chi connectivity index (χ3n) is 9.03. The average molecular weight is 450 g/mol. The van der Waals surface area contributed by atoms with E-state index in [1.54, 1.807) is 0 Å². The smallest absolute Gasteiger partial charge is 0.0589 e. The van der Waals surface area contributed by atoms with Gasteiger partial charge in [0.05, 0.1) is 12.2 Å². The summed E-state index contributed by atoms with van der Waals surface area (Å²) in [6.07, 6.45) is 9.23. The Kier molecular flexibility index (Phi) is 9.51. The zero-order valence-corrected chi connectivity index (χ0v) is 22.8. The van der Waals surface area contributed by atoms with E-state index in [-0.39, 0.29) is 0 Å².